The van der Waals surface area contributed by atoms with E-state index in [1.54, 1.807) is 6.26 Å². The van der Waals surface area contributed by atoms with Gasteiger partial charge in [0.25, 0.3) is 5.89 Å². The predicted molar refractivity (Wildman–Crippen MR) is 59.0 cm³/mol. The van der Waals surface area contributed by atoms with Crippen molar-refractivity contribution in [3.05, 3.63) is 24.0 Å². The molecule has 5 nitrogen and oxygen atoms in total. The van der Waals surface area contributed by atoms with Gasteiger partial charge in [-0.05, 0) is 19.5 Å². The summed E-state index contributed by atoms with van der Waals surface area (Å²) >= 11 is 0. The Balaban J connectivity index is 2.05. The molecule has 86 valence electrons. The van der Waals surface area contributed by atoms with Crippen LogP contribution in [0.4, 0.5) is 0 Å². The first kappa shape index (κ1) is 10.9. The molecule has 16 heavy (non-hydrogen) atoms. The van der Waals surface area contributed by atoms with Crippen LogP contribution in [-0.4, -0.2) is 23.3 Å². The number of likely N-dealkylation sites (N-methyl/N-ethyl adjacent to an activating group) is 1. The van der Waals surface area contributed by atoms with Crippen molar-refractivity contribution in [1.82, 2.24) is 15.5 Å². The molecular weight excluding hydrogens is 206 g/mol. The van der Waals surface area contributed by atoms with Crippen LogP contribution in [0.5, 0.6) is 0 Å². The summed E-state index contributed by atoms with van der Waals surface area (Å²) in [5.41, 5.74) is 0.863. The number of nitrogens with zero attached hydrogens (tertiary/aromatic N) is 2. The van der Waals surface area contributed by atoms with E-state index in [1.165, 1.54) is 0 Å². The van der Waals surface area contributed by atoms with Crippen LogP contribution in [0.25, 0.3) is 11.5 Å². The van der Waals surface area contributed by atoms with E-state index in [4.69, 9.17) is 8.83 Å². The van der Waals surface area contributed by atoms with Gasteiger partial charge < -0.3 is 14.2 Å². The van der Waals surface area contributed by atoms with E-state index in [-0.39, 0.29) is 0 Å². The van der Waals surface area contributed by atoms with Crippen molar-refractivity contribution >= 4 is 0 Å². The van der Waals surface area contributed by atoms with Crippen LogP contribution in [0.1, 0.15) is 18.6 Å². The summed E-state index contributed by atoms with van der Waals surface area (Å²) in [6.45, 7) is 5.73. The van der Waals surface area contributed by atoms with Gasteiger partial charge in [0, 0.05) is 13.0 Å². The largest absolute Gasteiger partial charge is 0.469 e. The molecule has 2 heterocycles. The highest BCUT2D eigenvalue weighted by molar-refractivity contribution is 5.54. The van der Waals surface area contributed by atoms with Crippen LogP contribution in [-0.2, 0) is 6.42 Å². The van der Waals surface area contributed by atoms with Gasteiger partial charge in [0.05, 0.1) is 11.8 Å². The van der Waals surface area contributed by atoms with Gasteiger partial charge in [-0.25, -0.2) is 0 Å². The van der Waals surface area contributed by atoms with E-state index in [9.17, 15) is 0 Å². The maximum absolute atomic E-state index is 5.53. The third kappa shape index (κ3) is 2.30. The van der Waals surface area contributed by atoms with Gasteiger partial charge in [0.1, 0.15) is 5.76 Å². The lowest BCUT2D eigenvalue weighted by molar-refractivity contribution is 0.493. The van der Waals surface area contributed by atoms with Crippen molar-refractivity contribution in [2.24, 2.45) is 0 Å². The number of furan rings is 1. The van der Waals surface area contributed by atoms with Crippen molar-refractivity contribution < 1.29 is 8.83 Å². The maximum atomic E-state index is 5.53. The predicted octanol–water partition coefficient (Wildman–Crippen LogP) is 1.79. The molecule has 0 aromatic carbocycles. The topological polar surface area (TPSA) is 64.1 Å². The van der Waals surface area contributed by atoms with Crippen molar-refractivity contribution in [3.8, 4) is 11.5 Å². The van der Waals surface area contributed by atoms with Gasteiger partial charge in [0.15, 0.2) is 0 Å². The van der Waals surface area contributed by atoms with Crippen molar-refractivity contribution in [2.45, 2.75) is 20.3 Å². The quantitative estimate of drug-likeness (QED) is 0.780. The Bertz CT molecular complexity index is 448. The summed E-state index contributed by atoms with van der Waals surface area (Å²) in [5, 5.41) is 11.2. The summed E-state index contributed by atoms with van der Waals surface area (Å²) in [6.07, 6.45) is 2.37. The Labute approximate surface area is 93.9 Å². The third-order valence-corrected chi connectivity index (χ3v) is 2.32. The molecule has 0 aliphatic rings. The molecule has 2 aromatic rings. The zero-order valence-electron chi connectivity index (χ0n) is 9.49. The molecule has 0 saturated carbocycles. The Kier molecular flexibility index (Phi) is 3.36. The van der Waals surface area contributed by atoms with E-state index in [1.807, 2.05) is 13.0 Å². The fourth-order valence-electron chi connectivity index (χ4n) is 1.44. The second kappa shape index (κ2) is 4.94. The van der Waals surface area contributed by atoms with Crippen molar-refractivity contribution in [3.63, 3.8) is 0 Å². The highest BCUT2D eigenvalue weighted by atomic mass is 16.4. The molecule has 0 saturated heterocycles. The first-order chi connectivity index (χ1) is 7.81. The Morgan fingerprint density at radius 3 is 2.94 bits per heavy atom. The summed E-state index contributed by atoms with van der Waals surface area (Å²) in [6, 6.07) is 1.83. The number of hydrogen-bond donors (Lipinski definition) is 1. The molecule has 1 N–H and O–H groups in total. The number of rotatable bonds is 5. The molecule has 0 spiro atoms. The zero-order valence-corrected chi connectivity index (χ0v) is 9.49. The van der Waals surface area contributed by atoms with Gasteiger partial charge in [-0.2, -0.15) is 0 Å². The second-order valence-electron chi connectivity index (χ2n) is 3.49. The lowest BCUT2D eigenvalue weighted by atomic mass is 10.3. The smallest absolute Gasteiger partial charge is 0.251 e. The summed E-state index contributed by atoms with van der Waals surface area (Å²) in [5.74, 6) is 1.97. The van der Waals surface area contributed by atoms with Crippen LogP contribution in [0.3, 0.4) is 0 Å². The normalized spacial score (nSPS) is 10.9. The summed E-state index contributed by atoms with van der Waals surface area (Å²) < 4.78 is 10.7. The zero-order chi connectivity index (χ0) is 11.4. The molecule has 2 aromatic heterocycles. The fourth-order valence-corrected chi connectivity index (χ4v) is 1.44. The van der Waals surface area contributed by atoms with Gasteiger partial charge in [-0.15, -0.1) is 10.2 Å². The van der Waals surface area contributed by atoms with Crippen LogP contribution in [0.15, 0.2) is 21.2 Å². The minimum absolute atomic E-state index is 0.526. The summed E-state index contributed by atoms with van der Waals surface area (Å²) in [7, 11) is 0. The third-order valence-electron chi connectivity index (χ3n) is 2.32. The molecule has 0 fully saturated rings. The number of aryl methyl sites for hydroxylation is 1. The highest BCUT2D eigenvalue weighted by Crippen LogP contribution is 2.22. The fraction of sp³-hybridized carbons (Fsp3) is 0.455. The van der Waals surface area contributed by atoms with Gasteiger partial charge in [-0.3, -0.25) is 0 Å². The first-order valence-corrected chi connectivity index (χ1v) is 5.39. The van der Waals surface area contributed by atoms with Crippen LogP contribution in [0, 0.1) is 6.92 Å². The van der Waals surface area contributed by atoms with Crippen LogP contribution < -0.4 is 5.32 Å². The molecular formula is C11H15N3O2. The SMILES string of the molecule is CCNCCc1nnc(-c2ccoc2C)o1. The minimum atomic E-state index is 0.526. The Hall–Kier alpha value is -1.62. The molecule has 0 aliphatic heterocycles. The van der Waals surface area contributed by atoms with Crippen LogP contribution in [0.2, 0.25) is 0 Å². The Morgan fingerprint density at radius 2 is 2.25 bits per heavy atom. The number of aromatic nitrogens is 2. The maximum Gasteiger partial charge on any atom is 0.251 e. The molecule has 0 atom stereocenters. The van der Waals surface area contributed by atoms with E-state index in [0.717, 1.165) is 30.8 Å². The second-order valence-corrected chi connectivity index (χ2v) is 3.49. The van der Waals surface area contributed by atoms with Gasteiger partial charge >= 0.3 is 0 Å². The van der Waals surface area contributed by atoms with Gasteiger partial charge in [0.2, 0.25) is 5.89 Å². The summed E-state index contributed by atoms with van der Waals surface area (Å²) in [4.78, 5) is 0. The van der Waals surface area contributed by atoms with Gasteiger partial charge in [-0.1, -0.05) is 6.92 Å². The lowest BCUT2D eigenvalue weighted by Crippen LogP contribution is -2.16. The van der Waals surface area contributed by atoms with Crippen molar-refractivity contribution in [2.75, 3.05) is 13.1 Å². The standard InChI is InChI=1S/C11H15N3O2/c1-3-12-6-4-10-13-14-11(16-10)9-5-7-15-8(9)2/h5,7,12H,3-4,6H2,1-2H3. The van der Waals surface area contributed by atoms with Crippen LogP contribution >= 0.6 is 0 Å². The minimum Gasteiger partial charge on any atom is -0.469 e. The highest BCUT2D eigenvalue weighted by Gasteiger charge is 2.12. The molecule has 0 aliphatic carbocycles. The van der Waals surface area contributed by atoms with E-state index in [0.29, 0.717) is 11.8 Å². The molecule has 0 bridgehead atoms. The molecule has 0 unspecified atom stereocenters. The Morgan fingerprint density at radius 1 is 1.38 bits per heavy atom. The number of hydrogen-bond acceptors (Lipinski definition) is 5. The van der Waals surface area contributed by atoms with E-state index < -0.39 is 0 Å². The van der Waals surface area contributed by atoms with E-state index >= 15 is 0 Å². The van der Waals surface area contributed by atoms with Crippen molar-refractivity contribution in [1.29, 1.82) is 0 Å². The molecule has 5 heteroatoms. The average Bonchev–Trinajstić information content (AvgIpc) is 2.87. The lowest BCUT2D eigenvalue weighted by Gasteiger charge is -1.95. The molecule has 2 rings (SSSR count). The average molecular weight is 221 g/mol. The first-order valence-electron chi connectivity index (χ1n) is 5.39. The van der Waals surface area contributed by atoms with E-state index in [2.05, 4.69) is 22.4 Å². The molecule has 0 amide bonds. The number of nitrogens with one attached hydrogen (secondary N) is 1. The monoisotopic (exact) mass is 221 g/mol. The molecule has 0 radical (unpaired) electrons.